The lowest BCUT2D eigenvalue weighted by atomic mass is 9.76. The summed E-state index contributed by atoms with van der Waals surface area (Å²) in [5.74, 6) is -0.00923. The second-order valence-electron chi connectivity index (χ2n) is 8.48. The zero-order valence-corrected chi connectivity index (χ0v) is 17.2. The Hall–Kier alpha value is -3.39. The second-order valence-corrected chi connectivity index (χ2v) is 8.48. The van der Waals surface area contributed by atoms with Crippen LogP contribution >= 0.6 is 0 Å². The zero-order valence-electron chi connectivity index (χ0n) is 17.2. The van der Waals surface area contributed by atoms with E-state index in [0.29, 0.717) is 37.3 Å². The van der Waals surface area contributed by atoms with E-state index < -0.39 is 5.54 Å². The lowest BCUT2D eigenvalue weighted by molar-refractivity contribution is -0.141. The molecule has 3 N–H and O–H groups in total. The second kappa shape index (κ2) is 7.39. The van der Waals surface area contributed by atoms with Crippen molar-refractivity contribution >= 4 is 22.7 Å². The van der Waals surface area contributed by atoms with Crippen molar-refractivity contribution in [2.24, 2.45) is 5.73 Å². The van der Waals surface area contributed by atoms with Gasteiger partial charge in [0, 0.05) is 37.1 Å². The van der Waals surface area contributed by atoms with Crippen LogP contribution in [-0.4, -0.2) is 68.5 Å². The summed E-state index contributed by atoms with van der Waals surface area (Å²) in [6.45, 7) is 2.08. The summed E-state index contributed by atoms with van der Waals surface area (Å²) in [5, 5.41) is 14.5. The van der Waals surface area contributed by atoms with Crippen LogP contribution in [0, 0.1) is 0 Å². The van der Waals surface area contributed by atoms with E-state index in [4.69, 9.17) is 5.73 Å². The van der Waals surface area contributed by atoms with Crippen molar-refractivity contribution in [3.05, 3.63) is 54.2 Å². The number of hydrogen-bond donors (Lipinski definition) is 2. The van der Waals surface area contributed by atoms with E-state index in [9.17, 15) is 14.8 Å². The number of carbonyl (C=O) groups excluding carboxylic acids is 2. The fraction of sp³-hybridized carbons (Fsp3) is 0.348. The number of hydrogen-bond acceptors (Lipinski definition) is 5. The van der Waals surface area contributed by atoms with E-state index in [1.54, 1.807) is 16.0 Å². The molecule has 0 atom stereocenters. The van der Waals surface area contributed by atoms with Gasteiger partial charge in [-0.1, -0.05) is 24.3 Å². The summed E-state index contributed by atoms with van der Waals surface area (Å²) < 4.78 is 0. The monoisotopic (exact) mass is 419 g/mol. The molecule has 160 valence electrons. The molecule has 2 heterocycles. The molecule has 1 saturated heterocycles. The van der Waals surface area contributed by atoms with Gasteiger partial charge < -0.3 is 20.7 Å². The first-order valence-electron chi connectivity index (χ1n) is 10.6. The third-order valence-electron chi connectivity index (χ3n) is 6.54. The van der Waals surface area contributed by atoms with Gasteiger partial charge in [-0.3, -0.25) is 9.59 Å². The predicted molar refractivity (Wildman–Crippen MR) is 116 cm³/mol. The quantitative estimate of drug-likeness (QED) is 0.633. The molecule has 31 heavy (non-hydrogen) atoms. The topological polar surface area (TPSA) is 105 Å². The number of benzene rings is 2. The Labute approximate surface area is 179 Å². The van der Waals surface area contributed by atoms with E-state index in [1.165, 1.54) is 0 Å². The number of nitrogens with zero attached hydrogens (tertiary/aromatic N) is 4. The number of carbonyl (C=O) groups is 2. The molecule has 0 spiro atoms. The van der Waals surface area contributed by atoms with Gasteiger partial charge in [0.15, 0.2) is 0 Å². The minimum absolute atomic E-state index is 0.0244. The molecule has 2 amide bonds. The largest absolute Gasteiger partial charge is 0.411 e. The average Bonchev–Trinajstić information content (AvgIpc) is 3.17. The molecule has 2 aromatic carbocycles. The van der Waals surface area contributed by atoms with Gasteiger partial charge in [-0.15, -0.1) is 9.94 Å². The summed E-state index contributed by atoms with van der Waals surface area (Å²) >= 11 is 0. The Morgan fingerprint density at radius 2 is 1.58 bits per heavy atom. The lowest BCUT2D eigenvalue weighted by Gasteiger charge is -2.43. The zero-order chi connectivity index (χ0) is 21.6. The van der Waals surface area contributed by atoms with Gasteiger partial charge in [-0.05, 0) is 48.6 Å². The van der Waals surface area contributed by atoms with Gasteiger partial charge >= 0.3 is 0 Å². The predicted octanol–water partition coefficient (Wildman–Crippen LogP) is 2.11. The average molecular weight is 419 g/mol. The first kappa shape index (κ1) is 19.6. The Kier molecular flexibility index (Phi) is 4.66. The van der Waals surface area contributed by atoms with Crippen LogP contribution in [0.4, 0.5) is 0 Å². The number of amides is 2. The Morgan fingerprint density at radius 1 is 0.935 bits per heavy atom. The fourth-order valence-electron chi connectivity index (χ4n) is 4.37. The van der Waals surface area contributed by atoms with Crippen LogP contribution in [0.2, 0.25) is 0 Å². The molecule has 2 fully saturated rings. The molecule has 0 bridgehead atoms. The highest BCUT2D eigenvalue weighted by Gasteiger charge is 2.43. The van der Waals surface area contributed by atoms with Crippen LogP contribution in [0.5, 0.6) is 0 Å². The van der Waals surface area contributed by atoms with Gasteiger partial charge in [0.25, 0.3) is 5.91 Å². The van der Waals surface area contributed by atoms with Gasteiger partial charge in [-0.2, -0.15) is 0 Å². The number of aromatic nitrogens is 2. The number of nitrogens with two attached hydrogens (primary N) is 1. The molecule has 0 unspecified atom stereocenters. The third-order valence-corrected chi connectivity index (χ3v) is 6.54. The summed E-state index contributed by atoms with van der Waals surface area (Å²) in [6.07, 6.45) is 4.12. The normalized spacial score (nSPS) is 18.1. The van der Waals surface area contributed by atoms with Gasteiger partial charge in [0.05, 0.1) is 11.7 Å². The maximum absolute atomic E-state index is 12.9. The molecule has 0 radical (unpaired) electrons. The summed E-state index contributed by atoms with van der Waals surface area (Å²) in [5.41, 5.74) is 8.61. The Bertz CT molecular complexity index is 1140. The fourth-order valence-corrected chi connectivity index (χ4v) is 4.37. The molecular formula is C23H25N5O3. The van der Waals surface area contributed by atoms with Crippen LogP contribution in [0.3, 0.4) is 0 Å². The highest BCUT2D eigenvalue weighted by molar-refractivity contribution is 5.95. The summed E-state index contributed by atoms with van der Waals surface area (Å²) in [4.78, 5) is 30.0. The minimum Gasteiger partial charge on any atom is -0.411 e. The van der Waals surface area contributed by atoms with Crippen molar-refractivity contribution in [1.82, 2.24) is 19.7 Å². The van der Waals surface area contributed by atoms with E-state index in [-0.39, 0.29) is 11.8 Å². The van der Waals surface area contributed by atoms with Crippen molar-refractivity contribution in [3.8, 4) is 11.1 Å². The van der Waals surface area contributed by atoms with Crippen LogP contribution in [0.25, 0.3) is 22.0 Å². The van der Waals surface area contributed by atoms with Crippen LogP contribution < -0.4 is 5.73 Å². The number of rotatable bonds is 3. The van der Waals surface area contributed by atoms with Crippen molar-refractivity contribution in [2.75, 3.05) is 26.2 Å². The molecule has 1 aliphatic carbocycles. The van der Waals surface area contributed by atoms with Crippen LogP contribution in [-0.2, 0) is 4.79 Å². The molecular weight excluding hydrogens is 394 g/mol. The van der Waals surface area contributed by atoms with E-state index >= 15 is 0 Å². The molecule has 5 rings (SSSR count). The highest BCUT2D eigenvalue weighted by Crippen LogP contribution is 2.31. The molecule has 1 aromatic heterocycles. The maximum atomic E-state index is 12.9. The van der Waals surface area contributed by atoms with E-state index in [0.717, 1.165) is 40.6 Å². The van der Waals surface area contributed by atoms with Gasteiger partial charge in [0.2, 0.25) is 5.91 Å². The Balaban J connectivity index is 1.25. The van der Waals surface area contributed by atoms with Gasteiger partial charge in [0.1, 0.15) is 5.52 Å². The van der Waals surface area contributed by atoms with Gasteiger partial charge in [-0.25, -0.2) is 0 Å². The molecule has 1 aliphatic heterocycles. The minimum atomic E-state index is -0.682. The number of piperazine rings is 1. The van der Waals surface area contributed by atoms with E-state index in [2.05, 4.69) is 5.10 Å². The smallest absolute Gasteiger partial charge is 0.253 e. The number of fused-ring (bicyclic) bond motifs is 1. The van der Waals surface area contributed by atoms with Crippen molar-refractivity contribution in [3.63, 3.8) is 0 Å². The van der Waals surface area contributed by atoms with Crippen molar-refractivity contribution in [2.45, 2.75) is 24.8 Å². The first-order chi connectivity index (χ1) is 14.9. The van der Waals surface area contributed by atoms with E-state index in [1.807, 2.05) is 42.5 Å². The SMILES string of the molecule is NC1(C(=O)N2CCN(C(=O)c3ccc(-c4ccc5cnn(O)c5c4)cc3)CC2)CCC1. The summed E-state index contributed by atoms with van der Waals surface area (Å²) in [7, 11) is 0. The third kappa shape index (κ3) is 3.42. The molecule has 8 heteroatoms. The maximum Gasteiger partial charge on any atom is 0.253 e. The standard InChI is InChI=1S/C23H25N5O3/c24-23(8-1-9-23)22(30)27-12-10-26(11-13-27)21(29)17-4-2-16(3-5-17)18-6-7-19-15-25-28(31)20(19)14-18/h2-7,14-15,31H,1,8-13,24H2. The van der Waals surface area contributed by atoms with Crippen molar-refractivity contribution < 1.29 is 14.8 Å². The summed E-state index contributed by atoms with van der Waals surface area (Å²) in [6, 6.07) is 13.2. The molecule has 2 aliphatic rings. The molecule has 3 aromatic rings. The first-order valence-corrected chi connectivity index (χ1v) is 10.6. The lowest BCUT2D eigenvalue weighted by Crippen LogP contribution is -2.62. The molecule has 1 saturated carbocycles. The van der Waals surface area contributed by atoms with Crippen molar-refractivity contribution in [1.29, 1.82) is 0 Å². The van der Waals surface area contributed by atoms with Crippen LogP contribution in [0.15, 0.2) is 48.7 Å². The highest BCUT2D eigenvalue weighted by atomic mass is 16.5. The molecule has 8 nitrogen and oxygen atoms in total. The van der Waals surface area contributed by atoms with Crippen LogP contribution in [0.1, 0.15) is 29.6 Å². The Morgan fingerprint density at radius 3 is 2.23 bits per heavy atom.